The smallest absolute Gasteiger partial charge is 0.271 e. The van der Waals surface area contributed by atoms with Crippen LogP contribution in [-0.2, 0) is 0 Å². The standard InChI is InChI=1S/C10H15N5O/c11-7-6-13-8(9(12)16)10(14-7)15-4-2-1-3-5-15/h6H,1-5H2,(H2,11,14)(H2,12,16). The first-order chi connectivity index (χ1) is 7.68. The summed E-state index contributed by atoms with van der Waals surface area (Å²) in [5.41, 5.74) is 11.0. The maximum atomic E-state index is 11.2. The molecule has 0 saturated carbocycles. The molecule has 2 rings (SSSR count). The van der Waals surface area contributed by atoms with Gasteiger partial charge in [-0.1, -0.05) is 0 Å². The lowest BCUT2D eigenvalue weighted by Gasteiger charge is -2.28. The molecule has 4 N–H and O–H groups in total. The molecule has 0 atom stereocenters. The predicted octanol–water partition coefficient (Wildman–Crippen LogP) is 0.148. The number of nitrogens with zero attached hydrogens (tertiary/aromatic N) is 3. The number of anilines is 2. The first kappa shape index (κ1) is 10.7. The van der Waals surface area contributed by atoms with Gasteiger partial charge in [0.1, 0.15) is 5.82 Å². The molecule has 16 heavy (non-hydrogen) atoms. The second-order valence-corrected chi connectivity index (χ2v) is 3.88. The van der Waals surface area contributed by atoms with Crippen LogP contribution in [0.1, 0.15) is 29.8 Å². The third kappa shape index (κ3) is 2.05. The van der Waals surface area contributed by atoms with E-state index in [4.69, 9.17) is 11.5 Å². The maximum Gasteiger partial charge on any atom is 0.271 e. The van der Waals surface area contributed by atoms with Crippen molar-refractivity contribution in [3.8, 4) is 0 Å². The zero-order chi connectivity index (χ0) is 11.5. The molecule has 2 heterocycles. The number of nitrogen functional groups attached to an aromatic ring is 1. The van der Waals surface area contributed by atoms with E-state index in [1.165, 1.54) is 12.6 Å². The van der Waals surface area contributed by atoms with Crippen molar-refractivity contribution < 1.29 is 4.79 Å². The van der Waals surface area contributed by atoms with Crippen LogP contribution in [0.4, 0.5) is 11.6 Å². The Kier molecular flexibility index (Phi) is 2.89. The number of rotatable bonds is 2. The molecular weight excluding hydrogens is 206 g/mol. The zero-order valence-corrected chi connectivity index (χ0v) is 9.02. The van der Waals surface area contributed by atoms with Crippen LogP contribution >= 0.6 is 0 Å². The first-order valence-electron chi connectivity index (χ1n) is 5.36. The molecule has 6 nitrogen and oxygen atoms in total. The van der Waals surface area contributed by atoms with Gasteiger partial charge in [0.15, 0.2) is 11.5 Å². The fourth-order valence-electron chi connectivity index (χ4n) is 1.89. The minimum absolute atomic E-state index is 0.205. The average Bonchev–Trinajstić information content (AvgIpc) is 2.29. The van der Waals surface area contributed by atoms with Gasteiger partial charge < -0.3 is 16.4 Å². The Hall–Kier alpha value is -1.85. The third-order valence-electron chi connectivity index (χ3n) is 2.66. The van der Waals surface area contributed by atoms with Crippen LogP contribution in [0.25, 0.3) is 0 Å². The lowest BCUT2D eigenvalue weighted by atomic mass is 10.1. The molecule has 1 aromatic rings. The monoisotopic (exact) mass is 221 g/mol. The van der Waals surface area contributed by atoms with Gasteiger partial charge in [0.05, 0.1) is 6.20 Å². The summed E-state index contributed by atoms with van der Waals surface area (Å²) in [6.07, 6.45) is 4.75. The summed E-state index contributed by atoms with van der Waals surface area (Å²) in [6, 6.07) is 0. The Morgan fingerprint density at radius 3 is 2.62 bits per heavy atom. The second-order valence-electron chi connectivity index (χ2n) is 3.88. The lowest BCUT2D eigenvalue weighted by Crippen LogP contribution is -2.33. The van der Waals surface area contributed by atoms with Crippen molar-refractivity contribution in [3.05, 3.63) is 11.9 Å². The number of carbonyl (C=O) groups excluding carboxylic acids is 1. The van der Waals surface area contributed by atoms with E-state index in [2.05, 4.69) is 9.97 Å². The van der Waals surface area contributed by atoms with E-state index < -0.39 is 5.91 Å². The van der Waals surface area contributed by atoms with Crippen LogP contribution < -0.4 is 16.4 Å². The molecule has 1 fully saturated rings. The van der Waals surface area contributed by atoms with Crippen molar-refractivity contribution in [1.82, 2.24) is 9.97 Å². The van der Waals surface area contributed by atoms with Gasteiger partial charge in [0.25, 0.3) is 5.91 Å². The summed E-state index contributed by atoms with van der Waals surface area (Å²) < 4.78 is 0. The Bertz CT molecular complexity index is 400. The number of nitrogens with two attached hydrogens (primary N) is 2. The summed E-state index contributed by atoms with van der Waals surface area (Å²) in [7, 11) is 0. The van der Waals surface area contributed by atoms with Crippen molar-refractivity contribution in [2.75, 3.05) is 23.7 Å². The number of hydrogen-bond donors (Lipinski definition) is 2. The summed E-state index contributed by atoms with van der Waals surface area (Å²) >= 11 is 0. The zero-order valence-electron chi connectivity index (χ0n) is 9.02. The number of hydrogen-bond acceptors (Lipinski definition) is 5. The normalized spacial score (nSPS) is 16.1. The summed E-state index contributed by atoms with van der Waals surface area (Å²) in [6.45, 7) is 1.75. The quantitative estimate of drug-likeness (QED) is 0.740. The van der Waals surface area contributed by atoms with E-state index in [1.54, 1.807) is 0 Å². The molecular formula is C10H15N5O. The van der Waals surface area contributed by atoms with Gasteiger partial charge in [0.2, 0.25) is 0 Å². The summed E-state index contributed by atoms with van der Waals surface area (Å²) in [5.74, 6) is 0.269. The number of carbonyl (C=O) groups is 1. The molecule has 6 heteroatoms. The Labute approximate surface area is 93.7 Å². The van der Waals surface area contributed by atoms with Crippen molar-refractivity contribution in [2.45, 2.75) is 19.3 Å². The Morgan fingerprint density at radius 2 is 2.00 bits per heavy atom. The van der Waals surface area contributed by atoms with E-state index in [-0.39, 0.29) is 5.69 Å². The topological polar surface area (TPSA) is 98.1 Å². The van der Waals surface area contributed by atoms with Gasteiger partial charge in [-0.3, -0.25) is 4.79 Å². The molecule has 86 valence electrons. The highest BCUT2D eigenvalue weighted by atomic mass is 16.1. The van der Waals surface area contributed by atoms with Gasteiger partial charge in [-0.05, 0) is 19.3 Å². The molecule has 0 aliphatic carbocycles. The molecule has 0 spiro atoms. The van der Waals surface area contributed by atoms with E-state index in [9.17, 15) is 4.79 Å². The van der Waals surface area contributed by atoms with E-state index in [1.807, 2.05) is 4.90 Å². The van der Waals surface area contributed by atoms with E-state index >= 15 is 0 Å². The van der Waals surface area contributed by atoms with Crippen LogP contribution in [-0.4, -0.2) is 29.0 Å². The van der Waals surface area contributed by atoms with Crippen LogP contribution in [0.3, 0.4) is 0 Å². The van der Waals surface area contributed by atoms with Crippen molar-refractivity contribution in [2.24, 2.45) is 5.73 Å². The SMILES string of the molecule is NC(=O)c1ncc(N)nc1N1CCCCC1. The first-order valence-corrected chi connectivity index (χ1v) is 5.36. The Balaban J connectivity index is 2.36. The number of amides is 1. The van der Waals surface area contributed by atoms with Crippen LogP contribution in [0, 0.1) is 0 Å². The molecule has 1 aliphatic heterocycles. The second kappa shape index (κ2) is 4.34. The maximum absolute atomic E-state index is 11.2. The molecule has 0 aromatic carbocycles. The highest BCUT2D eigenvalue weighted by Crippen LogP contribution is 2.21. The minimum Gasteiger partial charge on any atom is -0.382 e. The van der Waals surface area contributed by atoms with Gasteiger partial charge >= 0.3 is 0 Å². The van der Waals surface area contributed by atoms with Gasteiger partial charge in [-0.2, -0.15) is 0 Å². The van der Waals surface area contributed by atoms with Crippen LogP contribution in [0.2, 0.25) is 0 Å². The minimum atomic E-state index is -0.562. The fourth-order valence-corrected chi connectivity index (χ4v) is 1.89. The van der Waals surface area contributed by atoms with Gasteiger partial charge in [-0.15, -0.1) is 0 Å². The number of aromatic nitrogens is 2. The van der Waals surface area contributed by atoms with E-state index in [0.717, 1.165) is 25.9 Å². The number of piperidine rings is 1. The molecule has 0 bridgehead atoms. The van der Waals surface area contributed by atoms with Gasteiger partial charge in [-0.25, -0.2) is 9.97 Å². The molecule has 1 saturated heterocycles. The average molecular weight is 221 g/mol. The molecule has 0 radical (unpaired) electrons. The molecule has 1 aliphatic rings. The summed E-state index contributed by atoms with van der Waals surface area (Å²) in [4.78, 5) is 21.4. The van der Waals surface area contributed by atoms with Crippen molar-refractivity contribution in [1.29, 1.82) is 0 Å². The van der Waals surface area contributed by atoms with Crippen LogP contribution in [0.15, 0.2) is 6.20 Å². The van der Waals surface area contributed by atoms with Gasteiger partial charge in [0, 0.05) is 13.1 Å². The highest BCUT2D eigenvalue weighted by Gasteiger charge is 2.20. The third-order valence-corrected chi connectivity index (χ3v) is 2.66. The fraction of sp³-hybridized carbons (Fsp3) is 0.500. The molecule has 1 aromatic heterocycles. The highest BCUT2D eigenvalue weighted by molar-refractivity contribution is 5.95. The predicted molar refractivity (Wildman–Crippen MR) is 61.0 cm³/mol. The van der Waals surface area contributed by atoms with E-state index in [0.29, 0.717) is 11.6 Å². The molecule has 1 amide bonds. The van der Waals surface area contributed by atoms with Crippen molar-refractivity contribution >= 4 is 17.5 Å². The van der Waals surface area contributed by atoms with Crippen LogP contribution in [0.5, 0.6) is 0 Å². The van der Waals surface area contributed by atoms with Crippen molar-refractivity contribution in [3.63, 3.8) is 0 Å². The lowest BCUT2D eigenvalue weighted by molar-refractivity contribution is 0.0995. The molecule has 0 unspecified atom stereocenters. The Morgan fingerprint density at radius 1 is 1.31 bits per heavy atom. The number of primary amides is 1. The largest absolute Gasteiger partial charge is 0.382 e. The summed E-state index contributed by atoms with van der Waals surface area (Å²) in [5, 5.41) is 0.